The highest BCUT2D eigenvalue weighted by Crippen LogP contribution is 2.19. The smallest absolute Gasteiger partial charge is 0.224 e. The Bertz CT molecular complexity index is 1220. The molecule has 0 saturated heterocycles. The van der Waals surface area contributed by atoms with Crippen LogP contribution in [-0.4, -0.2) is 20.8 Å². The van der Waals surface area contributed by atoms with Gasteiger partial charge in [-0.1, -0.05) is 35.5 Å². The van der Waals surface area contributed by atoms with E-state index in [9.17, 15) is 4.79 Å². The molecule has 0 aliphatic rings. The summed E-state index contributed by atoms with van der Waals surface area (Å²) in [4.78, 5) is 12.5. The van der Waals surface area contributed by atoms with Crippen LogP contribution < -0.4 is 10.1 Å². The predicted octanol–water partition coefficient (Wildman–Crippen LogP) is 4.53. The van der Waals surface area contributed by atoms with Crippen molar-refractivity contribution in [1.82, 2.24) is 20.3 Å². The summed E-state index contributed by atoms with van der Waals surface area (Å²) in [5.41, 5.74) is 6.70. The molecule has 2 aromatic heterocycles. The van der Waals surface area contributed by atoms with Gasteiger partial charge in [0.1, 0.15) is 18.1 Å². The van der Waals surface area contributed by atoms with Gasteiger partial charge < -0.3 is 14.6 Å². The number of amides is 1. The Morgan fingerprint density at radius 3 is 2.36 bits per heavy atom. The molecule has 170 valence electrons. The third-order valence-electron chi connectivity index (χ3n) is 5.76. The zero-order valence-corrected chi connectivity index (χ0v) is 19.4. The number of carbonyl (C=O) groups excluding carboxylic acids is 1. The second-order valence-electron chi connectivity index (χ2n) is 8.09. The number of hydrogen-bond donors (Lipinski definition) is 1. The number of para-hydroxylation sites is 1. The van der Waals surface area contributed by atoms with Crippen molar-refractivity contribution in [2.75, 3.05) is 0 Å². The molecule has 0 saturated carbocycles. The summed E-state index contributed by atoms with van der Waals surface area (Å²) in [5.74, 6) is 1.46. The van der Waals surface area contributed by atoms with Crippen molar-refractivity contribution < 1.29 is 14.1 Å². The summed E-state index contributed by atoms with van der Waals surface area (Å²) < 4.78 is 12.9. The van der Waals surface area contributed by atoms with E-state index >= 15 is 0 Å². The molecule has 2 heterocycles. The lowest BCUT2D eigenvalue weighted by Gasteiger charge is -2.09. The van der Waals surface area contributed by atoms with Crippen molar-refractivity contribution in [2.45, 2.75) is 47.3 Å². The van der Waals surface area contributed by atoms with Crippen LogP contribution in [0.15, 0.2) is 59.1 Å². The zero-order valence-electron chi connectivity index (χ0n) is 19.4. The van der Waals surface area contributed by atoms with Crippen molar-refractivity contribution in [3.05, 3.63) is 94.1 Å². The van der Waals surface area contributed by atoms with E-state index in [2.05, 4.69) is 15.6 Å². The lowest BCUT2D eigenvalue weighted by molar-refractivity contribution is -0.120. The molecule has 4 rings (SSSR count). The van der Waals surface area contributed by atoms with E-state index in [0.717, 1.165) is 51.0 Å². The number of aryl methyl sites for hydroxylation is 3. The Hall–Kier alpha value is -3.87. The number of hydrogen-bond acceptors (Lipinski definition) is 5. The molecule has 7 heteroatoms. The van der Waals surface area contributed by atoms with Crippen LogP contribution in [0.5, 0.6) is 5.75 Å². The molecule has 4 aromatic rings. The number of carbonyl (C=O) groups is 1. The Labute approximate surface area is 193 Å². The van der Waals surface area contributed by atoms with E-state index in [-0.39, 0.29) is 5.91 Å². The standard InChI is InChI=1S/C26H28N4O3/c1-17-24(19(3)30(28-17)22-8-6-5-7-9-22)15-27-26(31)14-21-10-12-23(13-11-21)32-16-25-18(2)29-33-20(25)4/h5-13H,14-16H2,1-4H3,(H,27,31). The van der Waals surface area contributed by atoms with E-state index in [1.807, 2.05) is 87.0 Å². The van der Waals surface area contributed by atoms with Gasteiger partial charge in [0.05, 0.1) is 29.1 Å². The van der Waals surface area contributed by atoms with Crippen LogP contribution in [0.2, 0.25) is 0 Å². The Balaban J connectivity index is 1.32. The summed E-state index contributed by atoms with van der Waals surface area (Å²) in [6.45, 7) is 8.60. The topological polar surface area (TPSA) is 82.2 Å². The van der Waals surface area contributed by atoms with Gasteiger partial charge in [0.15, 0.2) is 0 Å². The maximum Gasteiger partial charge on any atom is 0.224 e. The van der Waals surface area contributed by atoms with E-state index < -0.39 is 0 Å². The quantitative estimate of drug-likeness (QED) is 0.432. The number of nitrogens with zero attached hydrogens (tertiary/aromatic N) is 3. The Kier molecular flexibility index (Phi) is 6.58. The van der Waals surface area contributed by atoms with Gasteiger partial charge in [-0.05, 0) is 57.5 Å². The SMILES string of the molecule is Cc1noc(C)c1COc1ccc(CC(=O)NCc2c(C)nn(-c3ccccc3)c2C)cc1. The fraction of sp³-hybridized carbons (Fsp3) is 0.269. The van der Waals surface area contributed by atoms with Gasteiger partial charge in [0.25, 0.3) is 0 Å². The fourth-order valence-corrected chi connectivity index (χ4v) is 3.75. The van der Waals surface area contributed by atoms with Crippen molar-refractivity contribution in [3.63, 3.8) is 0 Å². The number of nitrogens with one attached hydrogen (secondary N) is 1. The van der Waals surface area contributed by atoms with Gasteiger partial charge in [0.2, 0.25) is 5.91 Å². The van der Waals surface area contributed by atoms with Gasteiger partial charge >= 0.3 is 0 Å². The Morgan fingerprint density at radius 1 is 0.970 bits per heavy atom. The van der Waals surface area contributed by atoms with Crippen LogP contribution >= 0.6 is 0 Å². The lowest BCUT2D eigenvalue weighted by atomic mass is 10.1. The molecule has 0 aliphatic carbocycles. The minimum atomic E-state index is -0.0364. The number of aromatic nitrogens is 3. The first-order valence-electron chi connectivity index (χ1n) is 10.9. The minimum Gasteiger partial charge on any atom is -0.489 e. The van der Waals surface area contributed by atoms with Crippen molar-refractivity contribution in [3.8, 4) is 11.4 Å². The molecule has 33 heavy (non-hydrogen) atoms. The molecular formula is C26H28N4O3. The molecular weight excluding hydrogens is 416 g/mol. The Morgan fingerprint density at radius 2 is 1.70 bits per heavy atom. The van der Waals surface area contributed by atoms with Crippen LogP contribution in [0, 0.1) is 27.7 Å². The molecule has 0 radical (unpaired) electrons. The molecule has 0 atom stereocenters. The van der Waals surface area contributed by atoms with Gasteiger partial charge in [-0.25, -0.2) is 4.68 Å². The molecule has 1 amide bonds. The average Bonchev–Trinajstić information content (AvgIpc) is 3.29. The van der Waals surface area contributed by atoms with Crippen molar-refractivity contribution in [1.29, 1.82) is 0 Å². The van der Waals surface area contributed by atoms with Crippen molar-refractivity contribution >= 4 is 5.91 Å². The predicted molar refractivity (Wildman–Crippen MR) is 125 cm³/mol. The maximum atomic E-state index is 12.5. The second-order valence-corrected chi connectivity index (χ2v) is 8.09. The van der Waals surface area contributed by atoms with E-state index in [0.29, 0.717) is 19.6 Å². The third kappa shape index (κ3) is 5.14. The monoisotopic (exact) mass is 444 g/mol. The molecule has 0 aliphatic heterocycles. The molecule has 0 bridgehead atoms. The van der Waals surface area contributed by atoms with Gasteiger partial charge in [0, 0.05) is 17.8 Å². The molecule has 1 N–H and O–H groups in total. The molecule has 0 spiro atoms. The van der Waals surface area contributed by atoms with E-state index in [1.54, 1.807) is 0 Å². The van der Waals surface area contributed by atoms with E-state index in [1.165, 1.54) is 0 Å². The van der Waals surface area contributed by atoms with Crippen LogP contribution in [0.4, 0.5) is 0 Å². The molecule has 2 aromatic carbocycles. The summed E-state index contributed by atoms with van der Waals surface area (Å²) in [6, 6.07) is 17.6. The molecule has 0 fully saturated rings. The zero-order chi connectivity index (χ0) is 23.4. The molecule has 0 unspecified atom stereocenters. The molecule has 7 nitrogen and oxygen atoms in total. The summed E-state index contributed by atoms with van der Waals surface area (Å²) >= 11 is 0. The van der Waals surface area contributed by atoms with Crippen molar-refractivity contribution in [2.24, 2.45) is 0 Å². The first-order chi connectivity index (χ1) is 15.9. The normalized spacial score (nSPS) is 10.9. The highest BCUT2D eigenvalue weighted by atomic mass is 16.5. The minimum absolute atomic E-state index is 0.0364. The van der Waals surface area contributed by atoms with Crippen LogP contribution in [0.25, 0.3) is 5.69 Å². The number of ether oxygens (including phenoxy) is 1. The van der Waals surface area contributed by atoms with Gasteiger partial charge in [-0.3, -0.25) is 4.79 Å². The fourth-order valence-electron chi connectivity index (χ4n) is 3.75. The van der Waals surface area contributed by atoms with Crippen LogP contribution in [0.1, 0.15) is 39.5 Å². The van der Waals surface area contributed by atoms with Crippen LogP contribution in [0.3, 0.4) is 0 Å². The highest BCUT2D eigenvalue weighted by molar-refractivity contribution is 5.78. The second kappa shape index (κ2) is 9.73. The maximum absolute atomic E-state index is 12.5. The summed E-state index contributed by atoms with van der Waals surface area (Å²) in [6.07, 6.45) is 0.301. The average molecular weight is 445 g/mol. The van der Waals surface area contributed by atoms with Gasteiger partial charge in [-0.15, -0.1) is 0 Å². The van der Waals surface area contributed by atoms with E-state index in [4.69, 9.17) is 9.26 Å². The lowest BCUT2D eigenvalue weighted by Crippen LogP contribution is -2.25. The number of benzene rings is 2. The summed E-state index contributed by atoms with van der Waals surface area (Å²) in [7, 11) is 0. The first kappa shape index (κ1) is 22.3. The van der Waals surface area contributed by atoms with Gasteiger partial charge in [-0.2, -0.15) is 5.10 Å². The van der Waals surface area contributed by atoms with Crippen LogP contribution in [-0.2, 0) is 24.4 Å². The number of rotatable bonds is 8. The third-order valence-corrected chi connectivity index (χ3v) is 5.76. The summed E-state index contributed by atoms with van der Waals surface area (Å²) in [5, 5.41) is 11.6. The highest BCUT2D eigenvalue weighted by Gasteiger charge is 2.14. The largest absolute Gasteiger partial charge is 0.489 e. The first-order valence-corrected chi connectivity index (χ1v) is 10.9.